The first kappa shape index (κ1) is 12.2. The van der Waals surface area contributed by atoms with E-state index in [0.29, 0.717) is 18.1 Å². The third-order valence-electron chi connectivity index (χ3n) is 4.35. The van der Waals surface area contributed by atoms with Crippen LogP contribution in [0.2, 0.25) is 0 Å². The van der Waals surface area contributed by atoms with Crippen molar-refractivity contribution in [3.8, 4) is 0 Å². The summed E-state index contributed by atoms with van der Waals surface area (Å²) in [6.45, 7) is 9.47. The van der Waals surface area contributed by atoms with E-state index in [2.05, 4.69) is 17.0 Å². The Labute approximate surface area is 108 Å². The first-order valence-electron chi connectivity index (χ1n) is 6.93. The smallest absolute Gasteiger partial charge is 0.138 e. The number of likely N-dealkylation sites (tertiary alicyclic amines) is 1. The molecule has 1 aromatic heterocycles. The summed E-state index contributed by atoms with van der Waals surface area (Å²) >= 11 is 0. The Morgan fingerprint density at radius 2 is 2.22 bits per heavy atom. The highest BCUT2D eigenvalue weighted by atomic mass is 16.5. The molecule has 18 heavy (non-hydrogen) atoms. The zero-order valence-corrected chi connectivity index (χ0v) is 11.5. The van der Waals surface area contributed by atoms with Gasteiger partial charge in [-0.1, -0.05) is 5.16 Å². The Bertz CT molecular complexity index is 410. The Morgan fingerprint density at radius 1 is 1.39 bits per heavy atom. The molecular weight excluding hydrogens is 228 g/mol. The quantitative estimate of drug-likeness (QED) is 0.807. The van der Waals surface area contributed by atoms with E-state index >= 15 is 0 Å². The van der Waals surface area contributed by atoms with Crippen LogP contribution in [0, 0.1) is 19.8 Å². The molecule has 0 saturated carbocycles. The molecule has 4 heteroatoms. The number of aryl methyl sites for hydroxylation is 2. The van der Waals surface area contributed by atoms with E-state index in [9.17, 15) is 0 Å². The first-order valence-corrected chi connectivity index (χ1v) is 6.93. The van der Waals surface area contributed by atoms with Crippen LogP contribution in [0.15, 0.2) is 4.52 Å². The summed E-state index contributed by atoms with van der Waals surface area (Å²) in [5.74, 6) is 1.68. The highest BCUT2D eigenvalue weighted by molar-refractivity contribution is 5.20. The van der Waals surface area contributed by atoms with E-state index in [0.717, 1.165) is 31.1 Å². The van der Waals surface area contributed by atoms with Crippen LogP contribution in [0.4, 0.5) is 0 Å². The molecule has 100 valence electrons. The predicted octanol–water partition coefficient (Wildman–Crippen LogP) is 2.29. The van der Waals surface area contributed by atoms with E-state index in [1.54, 1.807) is 0 Å². The average molecular weight is 250 g/mol. The molecule has 0 radical (unpaired) electrons. The van der Waals surface area contributed by atoms with Gasteiger partial charge in [-0.05, 0) is 33.6 Å². The van der Waals surface area contributed by atoms with Gasteiger partial charge in [0.2, 0.25) is 0 Å². The molecule has 2 aliphatic heterocycles. The van der Waals surface area contributed by atoms with E-state index in [1.165, 1.54) is 18.4 Å². The monoisotopic (exact) mass is 250 g/mol. The lowest BCUT2D eigenvalue weighted by Crippen LogP contribution is -2.40. The summed E-state index contributed by atoms with van der Waals surface area (Å²) in [7, 11) is 0. The Hall–Kier alpha value is -0.870. The van der Waals surface area contributed by atoms with Gasteiger partial charge in [-0.2, -0.15) is 0 Å². The van der Waals surface area contributed by atoms with Crippen molar-refractivity contribution >= 4 is 0 Å². The second kappa shape index (κ2) is 4.67. The van der Waals surface area contributed by atoms with Gasteiger partial charge >= 0.3 is 0 Å². The molecule has 2 aliphatic rings. The average Bonchev–Trinajstić information content (AvgIpc) is 2.84. The van der Waals surface area contributed by atoms with E-state index < -0.39 is 0 Å². The molecule has 0 unspecified atom stereocenters. The minimum atomic E-state index is 0.444. The maximum atomic E-state index is 5.94. The molecule has 0 bridgehead atoms. The first-order chi connectivity index (χ1) is 8.63. The van der Waals surface area contributed by atoms with Gasteiger partial charge in [-0.3, -0.25) is 4.90 Å². The molecular formula is C14H22N2O2. The normalized spacial score (nSPS) is 32.7. The van der Waals surface area contributed by atoms with Crippen LogP contribution in [0.3, 0.4) is 0 Å². The van der Waals surface area contributed by atoms with Gasteiger partial charge in [0, 0.05) is 31.1 Å². The van der Waals surface area contributed by atoms with E-state index in [1.807, 2.05) is 13.8 Å². The van der Waals surface area contributed by atoms with E-state index in [4.69, 9.17) is 9.26 Å². The highest BCUT2D eigenvalue weighted by Crippen LogP contribution is 2.33. The lowest BCUT2D eigenvalue weighted by Gasteiger charge is -2.33. The molecule has 2 fully saturated rings. The number of fused-ring (bicyclic) bond motifs is 1. The standard InChI is InChI=1S/C14H22N2O2/c1-9-6-12-7-16(5-4-14(12)17-9)8-13-10(2)15-18-11(13)3/h9,12,14H,4-8H2,1-3H3/t9-,12-,14+/m0/s1. The topological polar surface area (TPSA) is 38.5 Å². The molecule has 1 aromatic rings. The van der Waals surface area contributed by atoms with Crippen molar-refractivity contribution in [2.45, 2.75) is 52.4 Å². The zero-order chi connectivity index (χ0) is 12.7. The van der Waals surface area contributed by atoms with Crippen LogP contribution < -0.4 is 0 Å². The molecule has 3 heterocycles. The van der Waals surface area contributed by atoms with Gasteiger partial charge < -0.3 is 9.26 Å². The van der Waals surface area contributed by atoms with Crippen molar-refractivity contribution in [1.82, 2.24) is 10.1 Å². The fraction of sp³-hybridized carbons (Fsp3) is 0.786. The van der Waals surface area contributed by atoms with Gasteiger partial charge in [-0.15, -0.1) is 0 Å². The molecule has 2 saturated heterocycles. The number of hydrogen-bond donors (Lipinski definition) is 0. The molecule has 0 aliphatic carbocycles. The van der Waals surface area contributed by atoms with Crippen LogP contribution in [0.5, 0.6) is 0 Å². The molecule has 0 spiro atoms. The second-order valence-electron chi connectivity index (χ2n) is 5.81. The fourth-order valence-corrected chi connectivity index (χ4v) is 3.37. The van der Waals surface area contributed by atoms with Gasteiger partial charge in [0.15, 0.2) is 0 Å². The summed E-state index contributed by atoms with van der Waals surface area (Å²) < 4.78 is 11.2. The fourth-order valence-electron chi connectivity index (χ4n) is 3.37. The summed E-state index contributed by atoms with van der Waals surface area (Å²) in [4.78, 5) is 2.52. The number of hydrogen-bond acceptors (Lipinski definition) is 4. The predicted molar refractivity (Wildman–Crippen MR) is 68.3 cm³/mol. The van der Waals surface area contributed by atoms with E-state index in [-0.39, 0.29) is 0 Å². The van der Waals surface area contributed by atoms with Gasteiger partial charge in [0.05, 0.1) is 17.9 Å². The van der Waals surface area contributed by atoms with Crippen molar-refractivity contribution < 1.29 is 9.26 Å². The minimum Gasteiger partial charge on any atom is -0.375 e. The maximum Gasteiger partial charge on any atom is 0.138 e. The SMILES string of the molecule is Cc1noc(C)c1CN1CC[C@H]2O[C@@H](C)C[C@H]2C1. The minimum absolute atomic E-state index is 0.444. The second-order valence-corrected chi connectivity index (χ2v) is 5.81. The van der Waals surface area contributed by atoms with Crippen molar-refractivity contribution in [3.63, 3.8) is 0 Å². The van der Waals surface area contributed by atoms with Crippen molar-refractivity contribution in [2.24, 2.45) is 5.92 Å². The Morgan fingerprint density at radius 3 is 2.94 bits per heavy atom. The number of ether oxygens (including phenoxy) is 1. The van der Waals surface area contributed by atoms with Crippen molar-refractivity contribution in [3.05, 3.63) is 17.0 Å². The largest absolute Gasteiger partial charge is 0.375 e. The number of aromatic nitrogens is 1. The summed E-state index contributed by atoms with van der Waals surface area (Å²) in [5, 5.41) is 4.03. The zero-order valence-electron chi connectivity index (χ0n) is 11.5. The lowest BCUT2D eigenvalue weighted by molar-refractivity contribution is 0.00575. The Kier molecular flexibility index (Phi) is 3.16. The van der Waals surface area contributed by atoms with Crippen LogP contribution in [0.25, 0.3) is 0 Å². The maximum absolute atomic E-state index is 5.94. The summed E-state index contributed by atoms with van der Waals surface area (Å²) in [6, 6.07) is 0. The van der Waals surface area contributed by atoms with Gasteiger partial charge in [-0.25, -0.2) is 0 Å². The number of nitrogens with zero attached hydrogens (tertiary/aromatic N) is 2. The summed E-state index contributed by atoms with van der Waals surface area (Å²) in [5.41, 5.74) is 2.30. The van der Waals surface area contributed by atoms with Gasteiger partial charge in [0.25, 0.3) is 0 Å². The number of piperidine rings is 1. The third kappa shape index (κ3) is 2.19. The highest BCUT2D eigenvalue weighted by Gasteiger charge is 2.37. The van der Waals surface area contributed by atoms with Crippen LogP contribution >= 0.6 is 0 Å². The molecule has 3 atom stereocenters. The molecule has 4 nitrogen and oxygen atoms in total. The van der Waals surface area contributed by atoms with Crippen molar-refractivity contribution in [1.29, 1.82) is 0 Å². The molecule has 0 N–H and O–H groups in total. The summed E-state index contributed by atoms with van der Waals surface area (Å²) in [6.07, 6.45) is 3.32. The van der Waals surface area contributed by atoms with Crippen LogP contribution in [-0.4, -0.2) is 35.4 Å². The molecule has 0 aromatic carbocycles. The van der Waals surface area contributed by atoms with Crippen molar-refractivity contribution in [2.75, 3.05) is 13.1 Å². The van der Waals surface area contributed by atoms with Crippen LogP contribution in [-0.2, 0) is 11.3 Å². The Balaban J connectivity index is 1.65. The number of rotatable bonds is 2. The lowest BCUT2D eigenvalue weighted by atomic mass is 9.93. The third-order valence-corrected chi connectivity index (χ3v) is 4.35. The van der Waals surface area contributed by atoms with Crippen LogP contribution in [0.1, 0.15) is 36.8 Å². The molecule has 0 amide bonds. The van der Waals surface area contributed by atoms with Gasteiger partial charge in [0.1, 0.15) is 5.76 Å². The molecule has 3 rings (SSSR count).